The van der Waals surface area contributed by atoms with Gasteiger partial charge in [0.25, 0.3) is 0 Å². The molecule has 0 amide bonds. The standard InChI is InChI=1S/C14H13BrClNO2/c1-19-10-3-4-12(16)13(7-10)17-8-9-2-5-14(18)11(15)6-9/h2-7,17-18H,8H2,1H3. The third-order valence-corrected chi connectivity index (χ3v) is 3.63. The molecule has 5 heteroatoms. The van der Waals surface area contributed by atoms with Gasteiger partial charge in [-0.25, -0.2) is 0 Å². The van der Waals surface area contributed by atoms with Crippen molar-refractivity contribution in [3.05, 3.63) is 51.5 Å². The second kappa shape index (κ2) is 6.17. The molecular weight excluding hydrogens is 330 g/mol. The molecule has 2 aromatic rings. The third-order valence-electron chi connectivity index (χ3n) is 2.67. The van der Waals surface area contributed by atoms with Crippen molar-refractivity contribution < 1.29 is 9.84 Å². The first-order valence-corrected chi connectivity index (χ1v) is 6.82. The van der Waals surface area contributed by atoms with Crippen LogP contribution >= 0.6 is 27.5 Å². The van der Waals surface area contributed by atoms with E-state index in [1.807, 2.05) is 24.3 Å². The predicted molar refractivity (Wildman–Crippen MR) is 81.1 cm³/mol. The number of methoxy groups -OCH3 is 1. The minimum absolute atomic E-state index is 0.225. The molecule has 0 saturated heterocycles. The van der Waals surface area contributed by atoms with E-state index in [9.17, 15) is 5.11 Å². The predicted octanol–water partition coefficient (Wildman–Crippen LogP) is 4.43. The van der Waals surface area contributed by atoms with E-state index in [-0.39, 0.29) is 5.75 Å². The Bertz CT molecular complexity index is 590. The molecule has 19 heavy (non-hydrogen) atoms. The first kappa shape index (κ1) is 14.0. The van der Waals surface area contributed by atoms with Crippen LogP contribution in [0.3, 0.4) is 0 Å². The fourth-order valence-corrected chi connectivity index (χ4v) is 2.24. The van der Waals surface area contributed by atoms with E-state index in [1.165, 1.54) is 0 Å². The van der Waals surface area contributed by atoms with Gasteiger partial charge in [0.1, 0.15) is 11.5 Å². The summed E-state index contributed by atoms with van der Waals surface area (Å²) in [5, 5.41) is 13.3. The molecule has 2 N–H and O–H groups in total. The number of halogens is 2. The lowest BCUT2D eigenvalue weighted by Crippen LogP contribution is -2.00. The van der Waals surface area contributed by atoms with Crippen molar-refractivity contribution in [2.24, 2.45) is 0 Å². The van der Waals surface area contributed by atoms with E-state index in [0.29, 0.717) is 16.0 Å². The average molecular weight is 343 g/mol. The summed E-state index contributed by atoms with van der Waals surface area (Å²) in [6.45, 7) is 0.603. The SMILES string of the molecule is COc1ccc(Cl)c(NCc2ccc(O)c(Br)c2)c1. The Morgan fingerprint density at radius 1 is 1.26 bits per heavy atom. The fourth-order valence-electron chi connectivity index (χ4n) is 1.62. The molecule has 0 aliphatic rings. The van der Waals surface area contributed by atoms with Gasteiger partial charge in [-0.2, -0.15) is 0 Å². The number of phenols is 1. The van der Waals surface area contributed by atoms with Crippen molar-refractivity contribution in [1.29, 1.82) is 0 Å². The van der Waals surface area contributed by atoms with Crippen molar-refractivity contribution in [3.63, 3.8) is 0 Å². The smallest absolute Gasteiger partial charge is 0.129 e. The second-order valence-corrected chi connectivity index (χ2v) is 5.25. The van der Waals surface area contributed by atoms with Gasteiger partial charge in [0.05, 0.1) is 22.3 Å². The summed E-state index contributed by atoms with van der Waals surface area (Å²) in [6, 6.07) is 10.8. The number of benzene rings is 2. The maximum Gasteiger partial charge on any atom is 0.129 e. The third kappa shape index (κ3) is 3.55. The monoisotopic (exact) mass is 341 g/mol. The molecule has 0 bridgehead atoms. The molecule has 0 radical (unpaired) electrons. The molecule has 0 fully saturated rings. The van der Waals surface area contributed by atoms with Gasteiger partial charge < -0.3 is 15.2 Å². The number of anilines is 1. The van der Waals surface area contributed by atoms with Crippen LogP contribution in [0.4, 0.5) is 5.69 Å². The highest BCUT2D eigenvalue weighted by Gasteiger charge is 2.04. The lowest BCUT2D eigenvalue weighted by Gasteiger charge is -2.10. The first-order valence-electron chi connectivity index (χ1n) is 5.65. The summed E-state index contributed by atoms with van der Waals surface area (Å²) in [7, 11) is 1.62. The van der Waals surface area contributed by atoms with Crippen molar-refractivity contribution in [2.75, 3.05) is 12.4 Å². The highest BCUT2D eigenvalue weighted by Crippen LogP contribution is 2.28. The molecule has 0 heterocycles. The Kier molecular flexibility index (Phi) is 4.56. The molecule has 0 unspecified atom stereocenters. The van der Waals surface area contributed by atoms with Gasteiger partial charge in [0, 0.05) is 12.6 Å². The van der Waals surface area contributed by atoms with E-state index < -0.39 is 0 Å². The lowest BCUT2D eigenvalue weighted by molar-refractivity contribution is 0.415. The molecule has 0 aliphatic carbocycles. The lowest BCUT2D eigenvalue weighted by atomic mass is 10.2. The van der Waals surface area contributed by atoms with Gasteiger partial charge in [-0.15, -0.1) is 0 Å². The highest BCUT2D eigenvalue weighted by atomic mass is 79.9. The van der Waals surface area contributed by atoms with Gasteiger partial charge >= 0.3 is 0 Å². The van der Waals surface area contributed by atoms with E-state index in [0.717, 1.165) is 17.0 Å². The first-order chi connectivity index (χ1) is 9.10. The summed E-state index contributed by atoms with van der Waals surface area (Å²) >= 11 is 9.39. The van der Waals surface area contributed by atoms with Crippen LogP contribution in [-0.2, 0) is 6.54 Å². The number of hydrogen-bond donors (Lipinski definition) is 2. The minimum Gasteiger partial charge on any atom is -0.507 e. The largest absolute Gasteiger partial charge is 0.507 e. The van der Waals surface area contributed by atoms with E-state index in [2.05, 4.69) is 21.2 Å². The topological polar surface area (TPSA) is 41.5 Å². The van der Waals surface area contributed by atoms with E-state index in [4.69, 9.17) is 16.3 Å². The second-order valence-electron chi connectivity index (χ2n) is 3.99. The van der Waals surface area contributed by atoms with Crippen molar-refractivity contribution in [1.82, 2.24) is 0 Å². The van der Waals surface area contributed by atoms with Crippen molar-refractivity contribution in [2.45, 2.75) is 6.54 Å². The normalized spacial score (nSPS) is 10.3. The molecular formula is C14H13BrClNO2. The van der Waals surface area contributed by atoms with Gasteiger partial charge in [0.15, 0.2) is 0 Å². The molecule has 100 valence electrons. The summed E-state index contributed by atoms with van der Waals surface area (Å²) in [4.78, 5) is 0. The molecule has 0 aliphatic heterocycles. The maximum atomic E-state index is 9.44. The Labute approximate surface area is 125 Å². The zero-order chi connectivity index (χ0) is 13.8. The Balaban J connectivity index is 2.11. The number of hydrogen-bond acceptors (Lipinski definition) is 3. The number of phenolic OH excluding ortho intramolecular Hbond substituents is 1. The number of rotatable bonds is 4. The fraction of sp³-hybridized carbons (Fsp3) is 0.143. The van der Waals surface area contributed by atoms with Crippen LogP contribution in [0.2, 0.25) is 5.02 Å². The quantitative estimate of drug-likeness (QED) is 0.863. The van der Waals surface area contributed by atoms with E-state index >= 15 is 0 Å². The molecule has 2 aromatic carbocycles. The van der Waals surface area contributed by atoms with Crippen molar-refractivity contribution >= 4 is 33.2 Å². The number of ether oxygens (including phenoxy) is 1. The summed E-state index contributed by atoms with van der Waals surface area (Å²) in [5.74, 6) is 0.974. The molecule has 0 saturated carbocycles. The van der Waals surface area contributed by atoms with Crippen LogP contribution in [0, 0.1) is 0 Å². The molecule has 0 spiro atoms. The van der Waals surface area contributed by atoms with E-state index in [1.54, 1.807) is 19.2 Å². The van der Waals surface area contributed by atoms with Gasteiger partial charge in [-0.05, 0) is 45.8 Å². The molecule has 3 nitrogen and oxygen atoms in total. The average Bonchev–Trinajstić information content (AvgIpc) is 2.41. The van der Waals surface area contributed by atoms with Crippen LogP contribution in [0.15, 0.2) is 40.9 Å². The van der Waals surface area contributed by atoms with Crippen LogP contribution in [0.25, 0.3) is 0 Å². The van der Waals surface area contributed by atoms with Gasteiger partial charge in [0.2, 0.25) is 0 Å². The number of aromatic hydroxyl groups is 1. The van der Waals surface area contributed by atoms with Gasteiger partial charge in [-0.1, -0.05) is 17.7 Å². The van der Waals surface area contributed by atoms with Crippen LogP contribution in [0.5, 0.6) is 11.5 Å². The van der Waals surface area contributed by atoms with Crippen LogP contribution in [0.1, 0.15) is 5.56 Å². The van der Waals surface area contributed by atoms with Gasteiger partial charge in [-0.3, -0.25) is 0 Å². The van der Waals surface area contributed by atoms with Crippen LogP contribution in [-0.4, -0.2) is 12.2 Å². The summed E-state index contributed by atoms with van der Waals surface area (Å²) in [5.41, 5.74) is 1.84. The molecule has 2 rings (SSSR count). The Hall–Kier alpha value is -1.39. The summed E-state index contributed by atoms with van der Waals surface area (Å²) < 4.78 is 5.83. The maximum absolute atomic E-state index is 9.44. The highest BCUT2D eigenvalue weighted by molar-refractivity contribution is 9.10. The molecule has 0 atom stereocenters. The van der Waals surface area contributed by atoms with Crippen LogP contribution < -0.4 is 10.1 Å². The molecule has 0 aromatic heterocycles. The van der Waals surface area contributed by atoms with Crippen molar-refractivity contribution in [3.8, 4) is 11.5 Å². The minimum atomic E-state index is 0.225. The zero-order valence-electron chi connectivity index (χ0n) is 10.3. The summed E-state index contributed by atoms with van der Waals surface area (Å²) in [6.07, 6.45) is 0. The zero-order valence-corrected chi connectivity index (χ0v) is 12.6. The Morgan fingerprint density at radius 2 is 2.05 bits per heavy atom. The number of nitrogens with one attached hydrogen (secondary N) is 1. The Morgan fingerprint density at radius 3 is 2.74 bits per heavy atom.